The van der Waals surface area contributed by atoms with Gasteiger partial charge in [0, 0.05) is 12.6 Å². The van der Waals surface area contributed by atoms with E-state index in [0.717, 1.165) is 5.57 Å². The van der Waals surface area contributed by atoms with Gasteiger partial charge in [0.05, 0.1) is 17.7 Å². The minimum atomic E-state index is -0.230. The van der Waals surface area contributed by atoms with Crippen molar-refractivity contribution in [2.45, 2.75) is 19.9 Å². The van der Waals surface area contributed by atoms with Crippen LogP contribution in [-0.4, -0.2) is 35.8 Å². The van der Waals surface area contributed by atoms with Crippen LogP contribution in [-0.2, 0) is 0 Å². The molecule has 1 aromatic rings. The van der Waals surface area contributed by atoms with Crippen molar-refractivity contribution in [2.75, 3.05) is 13.1 Å². The first-order valence-electron chi connectivity index (χ1n) is 6.36. The molecule has 0 unspecified atom stereocenters. The highest BCUT2D eigenvalue weighted by Crippen LogP contribution is 2.22. The number of nitrogens with one attached hydrogen (secondary N) is 1. The number of carbonyl (C=O) groups excluding carboxylic acids is 2. The molecular formula is C15H18N2O2. The van der Waals surface area contributed by atoms with Crippen molar-refractivity contribution in [3.63, 3.8) is 0 Å². The Kier molecular flexibility index (Phi) is 3.81. The summed E-state index contributed by atoms with van der Waals surface area (Å²) < 4.78 is 0. The van der Waals surface area contributed by atoms with E-state index in [1.807, 2.05) is 13.8 Å². The molecule has 4 nitrogen and oxygen atoms in total. The lowest BCUT2D eigenvalue weighted by molar-refractivity contribution is 0.0667. The van der Waals surface area contributed by atoms with Gasteiger partial charge in [-0.3, -0.25) is 14.5 Å². The molecule has 1 aliphatic heterocycles. The van der Waals surface area contributed by atoms with E-state index in [1.165, 1.54) is 4.90 Å². The van der Waals surface area contributed by atoms with Crippen LogP contribution in [0.25, 0.3) is 0 Å². The predicted octanol–water partition coefficient (Wildman–Crippen LogP) is 1.84. The molecule has 2 amide bonds. The number of nitrogens with zero attached hydrogens (tertiary/aromatic N) is 1. The zero-order valence-electron chi connectivity index (χ0n) is 11.3. The van der Waals surface area contributed by atoms with Crippen molar-refractivity contribution in [1.82, 2.24) is 10.2 Å². The second kappa shape index (κ2) is 5.36. The monoisotopic (exact) mass is 258 g/mol. The van der Waals surface area contributed by atoms with E-state index in [9.17, 15) is 9.59 Å². The van der Waals surface area contributed by atoms with Crippen molar-refractivity contribution in [2.24, 2.45) is 0 Å². The normalized spacial score (nSPS) is 14.2. The average molecular weight is 258 g/mol. The van der Waals surface area contributed by atoms with Crippen LogP contribution in [0.15, 0.2) is 36.4 Å². The number of carbonyl (C=O) groups is 2. The van der Waals surface area contributed by atoms with Gasteiger partial charge in [-0.1, -0.05) is 32.6 Å². The third kappa shape index (κ3) is 2.74. The summed E-state index contributed by atoms with van der Waals surface area (Å²) >= 11 is 0. The SMILES string of the molecule is C=C(CNC(C)C)CN1C(=O)c2ccccc2C1=O. The smallest absolute Gasteiger partial charge is 0.261 e. The van der Waals surface area contributed by atoms with Crippen molar-refractivity contribution in [3.05, 3.63) is 47.5 Å². The largest absolute Gasteiger partial charge is 0.311 e. The van der Waals surface area contributed by atoms with Crippen molar-refractivity contribution >= 4 is 11.8 Å². The maximum Gasteiger partial charge on any atom is 0.261 e. The van der Waals surface area contributed by atoms with E-state index >= 15 is 0 Å². The Labute approximate surface area is 113 Å². The minimum Gasteiger partial charge on any atom is -0.311 e. The number of benzene rings is 1. The van der Waals surface area contributed by atoms with Crippen molar-refractivity contribution in [1.29, 1.82) is 0 Å². The molecule has 0 atom stereocenters. The molecular weight excluding hydrogens is 240 g/mol. The fraction of sp³-hybridized carbons (Fsp3) is 0.333. The zero-order valence-corrected chi connectivity index (χ0v) is 11.3. The lowest BCUT2D eigenvalue weighted by atomic mass is 10.1. The van der Waals surface area contributed by atoms with Crippen molar-refractivity contribution in [3.8, 4) is 0 Å². The first-order chi connectivity index (χ1) is 9.00. The van der Waals surface area contributed by atoms with E-state index in [2.05, 4.69) is 11.9 Å². The van der Waals surface area contributed by atoms with Gasteiger partial charge < -0.3 is 5.32 Å². The molecule has 1 aromatic carbocycles. The molecule has 0 aromatic heterocycles. The van der Waals surface area contributed by atoms with Gasteiger partial charge in [-0.15, -0.1) is 0 Å². The molecule has 1 N–H and O–H groups in total. The van der Waals surface area contributed by atoms with Crippen LogP contribution in [0.4, 0.5) is 0 Å². The van der Waals surface area contributed by atoms with Crippen molar-refractivity contribution < 1.29 is 9.59 Å². The van der Waals surface area contributed by atoms with Gasteiger partial charge in [0.1, 0.15) is 0 Å². The molecule has 2 rings (SSSR count). The van der Waals surface area contributed by atoms with Crippen LogP contribution in [0.2, 0.25) is 0 Å². The van der Waals surface area contributed by atoms with Gasteiger partial charge in [-0.2, -0.15) is 0 Å². The molecule has 100 valence electrons. The fourth-order valence-corrected chi connectivity index (χ4v) is 2.01. The molecule has 4 heteroatoms. The Morgan fingerprint density at radius 3 is 2.21 bits per heavy atom. The quantitative estimate of drug-likeness (QED) is 0.647. The standard InChI is InChI=1S/C15H18N2O2/c1-10(2)16-8-11(3)9-17-14(18)12-6-4-5-7-13(12)15(17)19/h4-7,10,16H,3,8-9H2,1-2H3. The Balaban J connectivity index is 2.06. The highest BCUT2D eigenvalue weighted by atomic mass is 16.2. The van der Waals surface area contributed by atoms with E-state index in [4.69, 9.17) is 0 Å². The molecule has 0 saturated heterocycles. The minimum absolute atomic E-state index is 0.230. The Hall–Kier alpha value is -1.94. The molecule has 19 heavy (non-hydrogen) atoms. The Morgan fingerprint density at radius 1 is 1.21 bits per heavy atom. The van der Waals surface area contributed by atoms with E-state index in [1.54, 1.807) is 24.3 Å². The van der Waals surface area contributed by atoms with E-state index in [0.29, 0.717) is 23.7 Å². The summed E-state index contributed by atoms with van der Waals surface area (Å²) in [5.41, 5.74) is 1.79. The summed E-state index contributed by atoms with van der Waals surface area (Å²) in [6.45, 7) is 8.86. The van der Waals surface area contributed by atoms with E-state index in [-0.39, 0.29) is 18.4 Å². The third-order valence-electron chi connectivity index (χ3n) is 3.02. The average Bonchev–Trinajstić information content (AvgIpc) is 2.62. The van der Waals surface area contributed by atoms with Gasteiger partial charge in [-0.05, 0) is 17.7 Å². The molecule has 0 spiro atoms. The fourth-order valence-electron chi connectivity index (χ4n) is 2.01. The number of hydrogen-bond acceptors (Lipinski definition) is 3. The second-order valence-electron chi connectivity index (χ2n) is 5.03. The molecule has 0 bridgehead atoms. The number of imide groups is 1. The molecule has 0 fully saturated rings. The summed E-state index contributed by atoms with van der Waals surface area (Å²) in [4.78, 5) is 25.5. The summed E-state index contributed by atoms with van der Waals surface area (Å²) in [6.07, 6.45) is 0. The first kappa shape index (κ1) is 13.5. The van der Waals surface area contributed by atoms with Gasteiger partial charge >= 0.3 is 0 Å². The highest BCUT2D eigenvalue weighted by Gasteiger charge is 2.34. The molecule has 1 heterocycles. The summed E-state index contributed by atoms with van der Waals surface area (Å²) in [6, 6.07) is 7.25. The van der Waals surface area contributed by atoms with Gasteiger partial charge in [-0.25, -0.2) is 0 Å². The lowest BCUT2D eigenvalue weighted by Crippen LogP contribution is -2.35. The molecule has 0 aliphatic carbocycles. The summed E-state index contributed by atoms with van der Waals surface area (Å²) in [5, 5.41) is 3.22. The van der Waals surface area contributed by atoms with E-state index < -0.39 is 0 Å². The molecule has 0 saturated carbocycles. The van der Waals surface area contributed by atoms with Crippen LogP contribution in [0, 0.1) is 0 Å². The number of hydrogen-bond donors (Lipinski definition) is 1. The second-order valence-corrected chi connectivity index (χ2v) is 5.03. The van der Waals surface area contributed by atoms with Gasteiger partial charge in [0.2, 0.25) is 0 Å². The lowest BCUT2D eigenvalue weighted by Gasteiger charge is -2.17. The number of rotatable bonds is 5. The summed E-state index contributed by atoms with van der Waals surface area (Å²) in [7, 11) is 0. The third-order valence-corrected chi connectivity index (χ3v) is 3.02. The Morgan fingerprint density at radius 2 is 1.74 bits per heavy atom. The summed E-state index contributed by atoms with van der Waals surface area (Å²) in [5.74, 6) is -0.461. The molecule has 0 radical (unpaired) electrons. The predicted molar refractivity (Wildman–Crippen MR) is 74.1 cm³/mol. The number of fused-ring (bicyclic) bond motifs is 1. The number of amides is 2. The van der Waals surface area contributed by atoms with Crippen LogP contribution >= 0.6 is 0 Å². The maximum atomic E-state index is 12.1. The Bertz CT molecular complexity index is 500. The highest BCUT2D eigenvalue weighted by molar-refractivity contribution is 6.21. The topological polar surface area (TPSA) is 49.4 Å². The van der Waals surface area contributed by atoms with Gasteiger partial charge in [0.15, 0.2) is 0 Å². The van der Waals surface area contributed by atoms with Crippen LogP contribution < -0.4 is 5.32 Å². The first-order valence-corrected chi connectivity index (χ1v) is 6.36. The van der Waals surface area contributed by atoms with Gasteiger partial charge in [0.25, 0.3) is 11.8 Å². The van der Waals surface area contributed by atoms with Crippen LogP contribution in [0.3, 0.4) is 0 Å². The maximum absolute atomic E-state index is 12.1. The van der Waals surface area contributed by atoms with Crippen LogP contribution in [0.1, 0.15) is 34.6 Å². The molecule has 1 aliphatic rings. The van der Waals surface area contributed by atoms with Crippen LogP contribution in [0.5, 0.6) is 0 Å². The zero-order chi connectivity index (χ0) is 14.0.